The van der Waals surface area contributed by atoms with Crippen LogP contribution in [0.2, 0.25) is 0 Å². The molecule has 0 N–H and O–H groups in total. The van der Waals surface area contributed by atoms with Crippen LogP contribution in [0, 0.1) is 25.2 Å². The van der Waals surface area contributed by atoms with Crippen molar-refractivity contribution in [1.82, 2.24) is 4.90 Å². The van der Waals surface area contributed by atoms with Gasteiger partial charge in [0.2, 0.25) is 0 Å². The predicted molar refractivity (Wildman–Crippen MR) is 72.1 cm³/mol. The van der Waals surface area contributed by atoms with E-state index in [2.05, 4.69) is 56.9 Å². The molecule has 0 aromatic heterocycles. The lowest BCUT2D eigenvalue weighted by Crippen LogP contribution is -2.28. The molecule has 0 saturated carbocycles. The number of hydrogen-bond acceptors (Lipinski definition) is 2. The van der Waals surface area contributed by atoms with Gasteiger partial charge >= 0.3 is 0 Å². The number of nitrogens with zero attached hydrogens (tertiary/aromatic N) is 2. The normalized spacial score (nSPS) is 12.5. The van der Waals surface area contributed by atoms with E-state index in [-0.39, 0.29) is 5.92 Å². The highest BCUT2D eigenvalue weighted by atomic mass is 15.1. The van der Waals surface area contributed by atoms with Crippen molar-refractivity contribution in [3.8, 4) is 6.07 Å². The summed E-state index contributed by atoms with van der Waals surface area (Å²) in [4.78, 5) is 2.30. The Morgan fingerprint density at radius 3 is 2.41 bits per heavy atom. The van der Waals surface area contributed by atoms with E-state index in [0.717, 1.165) is 19.6 Å². The Morgan fingerprint density at radius 2 is 1.88 bits per heavy atom. The molecule has 0 aliphatic carbocycles. The highest BCUT2D eigenvalue weighted by Crippen LogP contribution is 2.21. The molecule has 17 heavy (non-hydrogen) atoms. The smallest absolute Gasteiger partial charge is 0.0842 e. The maximum Gasteiger partial charge on any atom is 0.0842 e. The Bertz CT molecular complexity index is 400. The summed E-state index contributed by atoms with van der Waals surface area (Å²) in [5.41, 5.74) is 3.62. The van der Waals surface area contributed by atoms with E-state index < -0.39 is 0 Å². The Kier molecular flexibility index (Phi) is 5.18. The van der Waals surface area contributed by atoms with Gasteiger partial charge in [-0.3, -0.25) is 0 Å². The van der Waals surface area contributed by atoms with Gasteiger partial charge in [0.05, 0.1) is 12.0 Å². The summed E-state index contributed by atoms with van der Waals surface area (Å²) in [5, 5.41) is 9.36. The second-order valence-corrected chi connectivity index (χ2v) is 4.53. The minimum atomic E-state index is -0.0187. The van der Waals surface area contributed by atoms with Crippen LogP contribution in [0.5, 0.6) is 0 Å². The molecule has 0 aliphatic rings. The van der Waals surface area contributed by atoms with Crippen molar-refractivity contribution in [2.24, 2.45) is 0 Å². The molecule has 92 valence electrons. The maximum absolute atomic E-state index is 9.36. The van der Waals surface area contributed by atoms with Crippen molar-refractivity contribution >= 4 is 0 Å². The van der Waals surface area contributed by atoms with Crippen molar-refractivity contribution in [3.63, 3.8) is 0 Å². The molecule has 0 amide bonds. The molecule has 0 bridgehead atoms. The number of hydrogen-bond donors (Lipinski definition) is 0. The predicted octanol–water partition coefficient (Wildman–Crippen LogP) is 3.25. The van der Waals surface area contributed by atoms with Crippen LogP contribution in [-0.2, 0) is 0 Å². The summed E-state index contributed by atoms with van der Waals surface area (Å²) in [6.45, 7) is 11.3. The largest absolute Gasteiger partial charge is 0.302 e. The first-order valence-corrected chi connectivity index (χ1v) is 6.31. The summed E-state index contributed by atoms with van der Waals surface area (Å²) in [6.07, 6.45) is 0. The van der Waals surface area contributed by atoms with Gasteiger partial charge in [0.1, 0.15) is 0 Å². The van der Waals surface area contributed by atoms with Gasteiger partial charge in [-0.2, -0.15) is 5.26 Å². The zero-order valence-corrected chi connectivity index (χ0v) is 11.3. The van der Waals surface area contributed by atoms with Crippen LogP contribution >= 0.6 is 0 Å². The average molecular weight is 230 g/mol. The molecule has 0 saturated heterocycles. The van der Waals surface area contributed by atoms with Gasteiger partial charge in [-0.1, -0.05) is 37.6 Å². The third-order valence-corrected chi connectivity index (χ3v) is 3.30. The Hall–Kier alpha value is -1.33. The fourth-order valence-corrected chi connectivity index (χ4v) is 2.08. The van der Waals surface area contributed by atoms with Crippen LogP contribution in [0.25, 0.3) is 0 Å². The molecule has 1 rings (SSSR count). The van der Waals surface area contributed by atoms with Crippen LogP contribution in [0.3, 0.4) is 0 Å². The van der Waals surface area contributed by atoms with E-state index in [1.807, 2.05) is 0 Å². The fraction of sp³-hybridized carbons (Fsp3) is 0.533. The number of benzene rings is 1. The van der Waals surface area contributed by atoms with E-state index in [1.165, 1.54) is 16.7 Å². The maximum atomic E-state index is 9.36. The SMILES string of the molecule is CCN(CC)CC(C#N)c1cc(C)ccc1C. The first kappa shape index (κ1) is 13.7. The van der Waals surface area contributed by atoms with Gasteiger partial charge in [-0.25, -0.2) is 0 Å². The monoisotopic (exact) mass is 230 g/mol. The lowest BCUT2D eigenvalue weighted by atomic mass is 9.94. The minimum absolute atomic E-state index is 0.0187. The summed E-state index contributed by atoms with van der Waals surface area (Å²) in [6, 6.07) is 8.80. The molecule has 2 nitrogen and oxygen atoms in total. The second kappa shape index (κ2) is 6.42. The first-order valence-electron chi connectivity index (χ1n) is 6.31. The average Bonchev–Trinajstić information content (AvgIpc) is 2.34. The lowest BCUT2D eigenvalue weighted by molar-refractivity contribution is 0.298. The highest BCUT2D eigenvalue weighted by molar-refractivity contribution is 5.36. The minimum Gasteiger partial charge on any atom is -0.302 e. The third kappa shape index (κ3) is 3.57. The van der Waals surface area contributed by atoms with E-state index in [9.17, 15) is 5.26 Å². The highest BCUT2D eigenvalue weighted by Gasteiger charge is 2.15. The zero-order valence-electron chi connectivity index (χ0n) is 11.3. The van der Waals surface area contributed by atoms with Crippen molar-refractivity contribution in [2.45, 2.75) is 33.6 Å². The fourth-order valence-electron chi connectivity index (χ4n) is 2.08. The molecule has 1 aromatic carbocycles. The third-order valence-electron chi connectivity index (χ3n) is 3.30. The molecule has 0 heterocycles. The van der Waals surface area contributed by atoms with E-state index in [1.54, 1.807) is 0 Å². The molecular weight excluding hydrogens is 208 g/mol. The van der Waals surface area contributed by atoms with Crippen LogP contribution in [0.4, 0.5) is 0 Å². The first-order chi connectivity index (χ1) is 8.12. The van der Waals surface area contributed by atoms with Crippen molar-refractivity contribution in [1.29, 1.82) is 5.26 Å². The summed E-state index contributed by atoms with van der Waals surface area (Å²) in [5.74, 6) is -0.0187. The zero-order chi connectivity index (χ0) is 12.8. The quantitative estimate of drug-likeness (QED) is 0.776. The number of likely N-dealkylation sites (N-methyl/N-ethyl adjacent to an activating group) is 1. The molecule has 0 spiro atoms. The van der Waals surface area contributed by atoms with Crippen molar-refractivity contribution in [3.05, 3.63) is 34.9 Å². The topological polar surface area (TPSA) is 27.0 Å². The van der Waals surface area contributed by atoms with Gasteiger partial charge in [-0.05, 0) is 38.1 Å². The second-order valence-electron chi connectivity index (χ2n) is 4.53. The van der Waals surface area contributed by atoms with Crippen LogP contribution < -0.4 is 0 Å². The van der Waals surface area contributed by atoms with Gasteiger partial charge in [0.25, 0.3) is 0 Å². The number of nitriles is 1. The van der Waals surface area contributed by atoms with Crippen LogP contribution in [0.1, 0.15) is 36.5 Å². The van der Waals surface area contributed by atoms with Crippen LogP contribution in [0.15, 0.2) is 18.2 Å². The van der Waals surface area contributed by atoms with Crippen molar-refractivity contribution in [2.75, 3.05) is 19.6 Å². The standard InChI is InChI=1S/C15H22N2/c1-5-17(6-2)11-14(10-16)15-9-12(3)7-8-13(15)4/h7-9,14H,5-6,11H2,1-4H3. The van der Waals surface area contributed by atoms with Crippen LogP contribution in [-0.4, -0.2) is 24.5 Å². The Morgan fingerprint density at radius 1 is 1.24 bits per heavy atom. The molecule has 2 heteroatoms. The molecule has 0 fully saturated rings. The Labute approximate surface area is 105 Å². The lowest BCUT2D eigenvalue weighted by Gasteiger charge is -2.22. The molecule has 0 aliphatic heterocycles. The number of rotatable bonds is 5. The van der Waals surface area contributed by atoms with Gasteiger partial charge in [-0.15, -0.1) is 0 Å². The van der Waals surface area contributed by atoms with Gasteiger partial charge in [0.15, 0.2) is 0 Å². The number of aryl methyl sites for hydroxylation is 2. The van der Waals surface area contributed by atoms with E-state index >= 15 is 0 Å². The molecule has 1 aromatic rings. The molecule has 0 radical (unpaired) electrons. The molecule has 1 unspecified atom stereocenters. The summed E-state index contributed by atoms with van der Waals surface area (Å²) < 4.78 is 0. The molecular formula is C15H22N2. The molecule has 1 atom stereocenters. The van der Waals surface area contributed by atoms with Gasteiger partial charge in [0, 0.05) is 6.54 Å². The Balaban J connectivity index is 2.94. The van der Waals surface area contributed by atoms with E-state index in [0.29, 0.717) is 0 Å². The van der Waals surface area contributed by atoms with E-state index in [4.69, 9.17) is 0 Å². The summed E-state index contributed by atoms with van der Waals surface area (Å²) >= 11 is 0. The van der Waals surface area contributed by atoms with Gasteiger partial charge < -0.3 is 4.90 Å². The van der Waals surface area contributed by atoms with Crippen molar-refractivity contribution < 1.29 is 0 Å². The summed E-state index contributed by atoms with van der Waals surface area (Å²) in [7, 11) is 0.